The van der Waals surface area contributed by atoms with Crippen molar-refractivity contribution in [3.63, 3.8) is 0 Å². The van der Waals surface area contributed by atoms with Crippen LogP contribution in [0.15, 0.2) is 29.4 Å². The van der Waals surface area contributed by atoms with E-state index in [1.807, 2.05) is 18.2 Å². The molecule has 2 N–H and O–H groups in total. The lowest BCUT2D eigenvalue weighted by molar-refractivity contribution is -0.116. The molecule has 1 aliphatic rings. The highest BCUT2D eigenvalue weighted by atomic mass is 16.4. The molecule has 0 aromatic heterocycles. The van der Waals surface area contributed by atoms with Gasteiger partial charge in [-0.1, -0.05) is 23.4 Å². The fourth-order valence-corrected chi connectivity index (χ4v) is 1.53. The van der Waals surface area contributed by atoms with Crippen molar-refractivity contribution < 1.29 is 10.0 Å². The number of nitrogens with one attached hydrogen (secondary N) is 1. The monoisotopic (exact) mass is 190 g/mol. The molecule has 1 heterocycles. The van der Waals surface area contributed by atoms with Crippen molar-refractivity contribution in [2.75, 3.05) is 5.32 Å². The largest absolute Gasteiger partial charge is 0.411 e. The molecule has 0 saturated carbocycles. The molecule has 0 atom stereocenters. The SMILES string of the molecule is O=C1CC/C(=N/O)c2ccccc2N1. The smallest absolute Gasteiger partial charge is 0.224 e. The van der Waals surface area contributed by atoms with E-state index in [2.05, 4.69) is 10.5 Å². The van der Waals surface area contributed by atoms with Gasteiger partial charge in [-0.25, -0.2) is 0 Å². The minimum atomic E-state index is -0.0453. The van der Waals surface area contributed by atoms with E-state index in [0.29, 0.717) is 24.2 Å². The number of amides is 1. The zero-order chi connectivity index (χ0) is 9.97. The van der Waals surface area contributed by atoms with Crippen LogP contribution in [-0.2, 0) is 4.79 Å². The lowest BCUT2D eigenvalue weighted by Gasteiger charge is -2.05. The number of anilines is 1. The highest BCUT2D eigenvalue weighted by molar-refractivity contribution is 6.11. The molecule has 14 heavy (non-hydrogen) atoms. The van der Waals surface area contributed by atoms with Gasteiger partial charge in [-0.05, 0) is 6.07 Å². The standard InChI is InChI=1S/C10H10N2O2/c13-10-6-5-9(12-14)7-3-1-2-4-8(7)11-10/h1-4,14H,5-6H2,(H,11,13)/b12-9-. The molecule has 0 spiro atoms. The number of carbonyl (C=O) groups excluding carboxylic acids is 1. The molecule has 1 amide bonds. The Morgan fingerprint density at radius 3 is 2.86 bits per heavy atom. The van der Waals surface area contributed by atoms with Crippen LogP contribution < -0.4 is 5.32 Å². The summed E-state index contributed by atoms with van der Waals surface area (Å²) < 4.78 is 0. The Kier molecular flexibility index (Phi) is 2.18. The summed E-state index contributed by atoms with van der Waals surface area (Å²) in [7, 11) is 0. The summed E-state index contributed by atoms with van der Waals surface area (Å²) in [5.41, 5.74) is 2.06. The van der Waals surface area contributed by atoms with Crippen molar-refractivity contribution in [3.8, 4) is 0 Å². The van der Waals surface area contributed by atoms with Gasteiger partial charge in [0.05, 0.1) is 5.71 Å². The van der Waals surface area contributed by atoms with Crippen molar-refractivity contribution in [1.82, 2.24) is 0 Å². The third-order valence-electron chi connectivity index (χ3n) is 2.22. The van der Waals surface area contributed by atoms with Crippen LogP contribution in [0.2, 0.25) is 0 Å². The highest BCUT2D eigenvalue weighted by Crippen LogP contribution is 2.21. The maximum atomic E-state index is 11.3. The van der Waals surface area contributed by atoms with Crippen LogP contribution in [0.1, 0.15) is 18.4 Å². The Balaban J connectivity index is 2.51. The number of nitrogens with zero attached hydrogens (tertiary/aromatic N) is 1. The molecule has 0 saturated heterocycles. The molecule has 0 aliphatic carbocycles. The van der Waals surface area contributed by atoms with E-state index in [-0.39, 0.29) is 5.91 Å². The normalized spacial score (nSPS) is 18.6. The van der Waals surface area contributed by atoms with Gasteiger partial charge in [0.1, 0.15) is 0 Å². The average Bonchev–Trinajstić information content (AvgIpc) is 2.36. The molecule has 72 valence electrons. The first-order valence-electron chi connectivity index (χ1n) is 4.41. The van der Waals surface area contributed by atoms with E-state index in [9.17, 15) is 4.79 Å². The second kappa shape index (κ2) is 3.49. The van der Waals surface area contributed by atoms with Crippen LogP contribution >= 0.6 is 0 Å². The third-order valence-corrected chi connectivity index (χ3v) is 2.22. The van der Waals surface area contributed by atoms with Gasteiger partial charge in [0, 0.05) is 24.1 Å². The quantitative estimate of drug-likeness (QED) is 0.482. The summed E-state index contributed by atoms with van der Waals surface area (Å²) in [6, 6.07) is 7.31. The van der Waals surface area contributed by atoms with Crippen LogP contribution in [0.3, 0.4) is 0 Å². The Bertz CT molecular complexity index is 399. The Morgan fingerprint density at radius 2 is 2.07 bits per heavy atom. The van der Waals surface area contributed by atoms with Gasteiger partial charge >= 0.3 is 0 Å². The number of benzene rings is 1. The summed E-state index contributed by atoms with van der Waals surface area (Å²) >= 11 is 0. The number of hydrogen-bond donors (Lipinski definition) is 2. The number of carbonyl (C=O) groups is 1. The van der Waals surface area contributed by atoms with E-state index in [1.54, 1.807) is 6.07 Å². The lowest BCUT2D eigenvalue weighted by atomic mass is 10.1. The van der Waals surface area contributed by atoms with Crippen molar-refractivity contribution in [3.05, 3.63) is 29.8 Å². The van der Waals surface area contributed by atoms with Crippen molar-refractivity contribution in [1.29, 1.82) is 0 Å². The first kappa shape index (κ1) is 8.74. The predicted octanol–water partition coefficient (Wildman–Crippen LogP) is 1.60. The molecule has 1 aromatic carbocycles. The van der Waals surface area contributed by atoms with Crippen molar-refractivity contribution in [2.24, 2.45) is 5.16 Å². The summed E-state index contributed by atoms with van der Waals surface area (Å²) in [4.78, 5) is 11.3. The fourth-order valence-electron chi connectivity index (χ4n) is 1.53. The second-order valence-corrected chi connectivity index (χ2v) is 3.14. The van der Waals surface area contributed by atoms with Gasteiger partial charge in [-0.3, -0.25) is 4.79 Å². The Hall–Kier alpha value is -1.84. The first-order chi connectivity index (χ1) is 6.81. The van der Waals surface area contributed by atoms with Crippen LogP contribution in [0, 0.1) is 0 Å². The minimum Gasteiger partial charge on any atom is -0.411 e. The molecule has 4 heteroatoms. The maximum absolute atomic E-state index is 11.3. The summed E-state index contributed by atoms with van der Waals surface area (Å²) in [6.07, 6.45) is 0.827. The molecule has 2 rings (SSSR count). The number of rotatable bonds is 0. The van der Waals surface area contributed by atoms with Gasteiger partial charge in [0.15, 0.2) is 0 Å². The lowest BCUT2D eigenvalue weighted by Crippen LogP contribution is -2.08. The molecular weight excluding hydrogens is 180 g/mol. The zero-order valence-electron chi connectivity index (χ0n) is 7.53. The summed E-state index contributed by atoms with van der Waals surface area (Å²) in [6.45, 7) is 0. The van der Waals surface area contributed by atoms with E-state index in [4.69, 9.17) is 5.21 Å². The topological polar surface area (TPSA) is 61.7 Å². The number of para-hydroxylation sites is 1. The molecule has 0 bridgehead atoms. The Labute approximate surface area is 81.2 Å². The fraction of sp³-hybridized carbons (Fsp3) is 0.200. The second-order valence-electron chi connectivity index (χ2n) is 3.14. The molecule has 4 nitrogen and oxygen atoms in total. The first-order valence-corrected chi connectivity index (χ1v) is 4.41. The maximum Gasteiger partial charge on any atom is 0.224 e. The summed E-state index contributed by atoms with van der Waals surface area (Å²) in [5.74, 6) is -0.0453. The van der Waals surface area contributed by atoms with Crippen LogP contribution in [0.25, 0.3) is 0 Å². The third kappa shape index (κ3) is 1.46. The van der Waals surface area contributed by atoms with Gasteiger partial charge in [-0.2, -0.15) is 0 Å². The Morgan fingerprint density at radius 1 is 1.29 bits per heavy atom. The predicted molar refractivity (Wildman–Crippen MR) is 52.6 cm³/mol. The van der Waals surface area contributed by atoms with E-state index in [0.717, 1.165) is 5.56 Å². The molecule has 0 fully saturated rings. The number of oxime groups is 1. The van der Waals surface area contributed by atoms with E-state index >= 15 is 0 Å². The number of fused-ring (bicyclic) bond motifs is 1. The molecule has 0 radical (unpaired) electrons. The average molecular weight is 190 g/mol. The van der Waals surface area contributed by atoms with Crippen LogP contribution in [0.5, 0.6) is 0 Å². The molecule has 1 aliphatic heterocycles. The van der Waals surface area contributed by atoms with Crippen molar-refractivity contribution in [2.45, 2.75) is 12.8 Å². The van der Waals surface area contributed by atoms with Gasteiger partial charge in [-0.15, -0.1) is 0 Å². The van der Waals surface area contributed by atoms with Gasteiger partial charge < -0.3 is 10.5 Å². The zero-order valence-corrected chi connectivity index (χ0v) is 7.53. The number of hydrogen-bond acceptors (Lipinski definition) is 3. The molecule has 0 unspecified atom stereocenters. The van der Waals surface area contributed by atoms with E-state index in [1.165, 1.54) is 0 Å². The van der Waals surface area contributed by atoms with Crippen molar-refractivity contribution >= 4 is 17.3 Å². The van der Waals surface area contributed by atoms with E-state index < -0.39 is 0 Å². The van der Waals surface area contributed by atoms with Crippen LogP contribution in [0.4, 0.5) is 5.69 Å². The van der Waals surface area contributed by atoms with Crippen LogP contribution in [-0.4, -0.2) is 16.8 Å². The minimum absolute atomic E-state index is 0.0453. The molecule has 1 aromatic rings. The van der Waals surface area contributed by atoms with Gasteiger partial charge in [0.2, 0.25) is 5.91 Å². The highest BCUT2D eigenvalue weighted by Gasteiger charge is 2.17. The molecular formula is C10H10N2O2. The summed E-state index contributed by atoms with van der Waals surface area (Å²) in [5, 5.41) is 14.8. The van der Waals surface area contributed by atoms with Gasteiger partial charge in [0.25, 0.3) is 0 Å².